The molecule has 0 radical (unpaired) electrons. The van der Waals surface area contributed by atoms with E-state index in [1.165, 1.54) is 77.0 Å². The van der Waals surface area contributed by atoms with Crippen LogP contribution in [-0.4, -0.2) is 25.3 Å². The minimum absolute atomic E-state index is 0.550. The molecule has 20 heavy (non-hydrogen) atoms. The number of unbranched alkanes of at least 4 members (excludes halogenated alkanes) is 7. The Labute approximate surface area is 127 Å². The molecule has 0 atom stereocenters. The third kappa shape index (κ3) is 8.97. The van der Waals surface area contributed by atoms with E-state index in [-0.39, 0.29) is 0 Å². The van der Waals surface area contributed by atoms with Gasteiger partial charge in [0.15, 0.2) is 0 Å². The first-order valence-corrected chi connectivity index (χ1v) is 9.21. The van der Waals surface area contributed by atoms with Crippen molar-refractivity contribution < 1.29 is 4.74 Å². The van der Waals surface area contributed by atoms with E-state index in [1.54, 1.807) is 0 Å². The van der Waals surface area contributed by atoms with Crippen molar-refractivity contribution >= 4 is 0 Å². The second-order valence-corrected chi connectivity index (χ2v) is 6.38. The summed E-state index contributed by atoms with van der Waals surface area (Å²) in [6, 6.07) is 0.753. The first kappa shape index (κ1) is 18.0. The molecule has 1 rings (SSSR count). The van der Waals surface area contributed by atoms with Crippen LogP contribution in [0.25, 0.3) is 0 Å². The zero-order chi connectivity index (χ0) is 14.5. The highest BCUT2D eigenvalue weighted by Gasteiger charge is 2.20. The van der Waals surface area contributed by atoms with Gasteiger partial charge >= 0.3 is 0 Å². The zero-order valence-corrected chi connectivity index (χ0v) is 14.0. The predicted molar refractivity (Wildman–Crippen MR) is 88.3 cm³/mol. The lowest BCUT2D eigenvalue weighted by Gasteiger charge is -2.29. The lowest BCUT2D eigenvalue weighted by molar-refractivity contribution is 0.0206. The first-order valence-electron chi connectivity index (χ1n) is 9.21. The van der Waals surface area contributed by atoms with Crippen molar-refractivity contribution in [3.8, 4) is 0 Å². The average Bonchev–Trinajstić information content (AvgIpc) is 2.47. The SMILES string of the molecule is CCCCCCCCCCOC1CCC(NCC)CC1. The predicted octanol–water partition coefficient (Wildman–Crippen LogP) is 5.06. The summed E-state index contributed by atoms with van der Waals surface area (Å²) in [5, 5.41) is 3.55. The Morgan fingerprint density at radius 1 is 0.800 bits per heavy atom. The van der Waals surface area contributed by atoms with Gasteiger partial charge in [0.1, 0.15) is 0 Å². The molecule has 1 aliphatic rings. The molecule has 0 heterocycles. The molecule has 0 bridgehead atoms. The molecule has 0 aromatic rings. The summed E-state index contributed by atoms with van der Waals surface area (Å²) in [4.78, 5) is 0. The lowest BCUT2D eigenvalue weighted by Crippen LogP contribution is -2.35. The molecule has 0 aromatic carbocycles. The number of nitrogens with one attached hydrogen (secondary N) is 1. The van der Waals surface area contributed by atoms with Crippen LogP contribution >= 0.6 is 0 Å². The van der Waals surface area contributed by atoms with E-state index in [9.17, 15) is 0 Å². The van der Waals surface area contributed by atoms with Crippen LogP contribution in [0, 0.1) is 0 Å². The summed E-state index contributed by atoms with van der Waals surface area (Å²) in [5.41, 5.74) is 0. The highest BCUT2D eigenvalue weighted by atomic mass is 16.5. The third-order valence-electron chi connectivity index (χ3n) is 4.52. The lowest BCUT2D eigenvalue weighted by atomic mass is 9.93. The molecule has 2 nitrogen and oxygen atoms in total. The minimum atomic E-state index is 0.550. The molecule has 1 aliphatic carbocycles. The van der Waals surface area contributed by atoms with Crippen molar-refractivity contribution in [3.05, 3.63) is 0 Å². The molecule has 1 fully saturated rings. The molecule has 0 saturated heterocycles. The summed E-state index contributed by atoms with van der Waals surface area (Å²) < 4.78 is 6.03. The Bertz CT molecular complexity index is 200. The van der Waals surface area contributed by atoms with Gasteiger partial charge in [0.05, 0.1) is 6.10 Å². The van der Waals surface area contributed by atoms with E-state index in [1.807, 2.05) is 0 Å². The van der Waals surface area contributed by atoms with Gasteiger partial charge in [0.2, 0.25) is 0 Å². The van der Waals surface area contributed by atoms with Crippen LogP contribution in [-0.2, 0) is 4.74 Å². The third-order valence-corrected chi connectivity index (χ3v) is 4.52. The number of rotatable bonds is 12. The van der Waals surface area contributed by atoms with Crippen molar-refractivity contribution in [2.75, 3.05) is 13.2 Å². The van der Waals surface area contributed by atoms with Gasteiger partial charge in [0, 0.05) is 12.6 Å². The monoisotopic (exact) mass is 283 g/mol. The molecule has 120 valence electrons. The molecule has 1 N–H and O–H groups in total. The number of ether oxygens (including phenoxy) is 1. The Morgan fingerprint density at radius 3 is 2.00 bits per heavy atom. The molecule has 2 heteroatoms. The molecular formula is C18H37NO. The van der Waals surface area contributed by atoms with E-state index in [0.29, 0.717) is 6.10 Å². The molecule has 0 unspecified atom stereocenters. The van der Waals surface area contributed by atoms with E-state index in [0.717, 1.165) is 19.2 Å². The summed E-state index contributed by atoms with van der Waals surface area (Å²) >= 11 is 0. The van der Waals surface area contributed by atoms with Crippen LogP contribution < -0.4 is 5.32 Å². The normalized spacial score (nSPS) is 23.1. The Hall–Kier alpha value is -0.0800. The standard InChI is InChI=1S/C18H37NO/c1-3-5-6-7-8-9-10-11-16-20-18-14-12-17(13-15-18)19-4-2/h17-19H,3-16H2,1-2H3. The Kier molecular flexibility index (Phi) is 11.4. The molecule has 0 aliphatic heterocycles. The van der Waals surface area contributed by atoms with Crippen molar-refractivity contribution in [1.29, 1.82) is 0 Å². The summed E-state index contributed by atoms with van der Waals surface area (Å²) in [6.07, 6.45) is 16.8. The molecule has 0 aromatic heterocycles. The number of hydrogen-bond acceptors (Lipinski definition) is 2. The maximum atomic E-state index is 6.03. The van der Waals surface area contributed by atoms with E-state index in [2.05, 4.69) is 19.2 Å². The Balaban J connectivity index is 1.83. The second kappa shape index (κ2) is 12.6. The Morgan fingerprint density at radius 2 is 1.40 bits per heavy atom. The van der Waals surface area contributed by atoms with E-state index in [4.69, 9.17) is 4.74 Å². The largest absolute Gasteiger partial charge is 0.378 e. The van der Waals surface area contributed by atoms with Crippen LogP contribution in [0.3, 0.4) is 0 Å². The first-order chi connectivity index (χ1) is 9.86. The highest BCUT2D eigenvalue weighted by molar-refractivity contribution is 4.77. The van der Waals surface area contributed by atoms with Crippen molar-refractivity contribution in [2.24, 2.45) is 0 Å². The fourth-order valence-electron chi connectivity index (χ4n) is 3.21. The smallest absolute Gasteiger partial charge is 0.0576 e. The summed E-state index contributed by atoms with van der Waals surface area (Å²) in [6.45, 7) is 6.58. The fourth-order valence-corrected chi connectivity index (χ4v) is 3.21. The maximum absolute atomic E-state index is 6.03. The van der Waals surface area contributed by atoms with Crippen LogP contribution in [0.5, 0.6) is 0 Å². The van der Waals surface area contributed by atoms with Crippen LogP contribution in [0.15, 0.2) is 0 Å². The van der Waals surface area contributed by atoms with Gasteiger partial charge in [-0.3, -0.25) is 0 Å². The quantitative estimate of drug-likeness (QED) is 0.505. The van der Waals surface area contributed by atoms with Gasteiger partial charge in [0.25, 0.3) is 0 Å². The molecule has 0 amide bonds. The number of hydrogen-bond donors (Lipinski definition) is 1. The molecule has 0 spiro atoms. The topological polar surface area (TPSA) is 21.3 Å². The van der Waals surface area contributed by atoms with Crippen LogP contribution in [0.4, 0.5) is 0 Å². The van der Waals surface area contributed by atoms with Crippen molar-refractivity contribution in [2.45, 2.75) is 103 Å². The van der Waals surface area contributed by atoms with Gasteiger partial charge < -0.3 is 10.1 Å². The van der Waals surface area contributed by atoms with Crippen molar-refractivity contribution in [1.82, 2.24) is 5.32 Å². The minimum Gasteiger partial charge on any atom is -0.378 e. The van der Waals surface area contributed by atoms with E-state index < -0.39 is 0 Å². The van der Waals surface area contributed by atoms with Crippen LogP contribution in [0.2, 0.25) is 0 Å². The van der Waals surface area contributed by atoms with E-state index >= 15 is 0 Å². The average molecular weight is 284 g/mol. The van der Waals surface area contributed by atoms with Gasteiger partial charge in [-0.2, -0.15) is 0 Å². The fraction of sp³-hybridized carbons (Fsp3) is 1.00. The van der Waals surface area contributed by atoms with Gasteiger partial charge in [-0.25, -0.2) is 0 Å². The van der Waals surface area contributed by atoms with Gasteiger partial charge in [-0.15, -0.1) is 0 Å². The maximum Gasteiger partial charge on any atom is 0.0576 e. The summed E-state index contributed by atoms with van der Waals surface area (Å²) in [7, 11) is 0. The second-order valence-electron chi connectivity index (χ2n) is 6.38. The van der Waals surface area contributed by atoms with Gasteiger partial charge in [-0.05, 0) is 38.6 Å². The summed E-state index contributed by atoms with van der Waals surface area (Å²) in [5.74, 6) is 0. The zero-order valence-electron chi connectivity index (χ0n) is 14.0. The molecule has 1 saturated carbocycles. The highest BCUT2D eigenvalue weighted by Crippen LogP contribution is 2.21. The van der Waals surface area contributed by atoms with Crippen LogP contribution in [0.1, 0.15) is 90.9 Å². The van der Waals surface area contributed by atoms with Gasteiger partial charge in [-0.1, -0.05) is 58.8 Å². The van der Waals surface area contributed by atoms with Crippen molar-refractivity contribution in [3.63, 3.8) is 0 Å². The molecular weight excluding hydrogens is 246 g/mol.